The topological polar surface area (TPSA) is 15.3 Å². The van der Waals surface area contributed by atoms with Crippen LogP contribution < -0.4 is 5.32 Å². The van der Waals surface area contributed by atoms with E-state index in [1.807, 2.05) is 24.3 Å². The number of aryl methyl sites for hydroxylation is 1. The van der Waals surface area contributed by atoms with Crippen molar-refractivity contribution in [3.05, 3.63) is 51.2 Å². The average molecular weight is 325 g/mol. The van der Waals surface area contributed by atoms with Gasteiger partial charge in [-0.15, -0.1) is 11.3 Å². The van der Waals surface area contributed by atoms with E-state index in [0.717, 1.165) is 28.2 Å². The van der Waals surface area contributed by atoms with Gasteiger partial charge in [0.2, 0.25) is 0 Å². The smallest absolute Gasteiger partial charge is 0.173 e. The van der Waals surface area contributed by atoms with Crippen LogP contribution in [0.15, 0.2) is 36.4 Å². The van der Waals surface area contributed by atoms with Crippen LogP contribution in [0.5, 0.6) is 0 Å². The van der Waals surface area contributed by atoms with Crippen LogP contribution in [0.3, 0.4) is 0 Å². The Labute approximate surface area is 134 Å². The number of halogens is 1. The number of nitrogens with zero attached hydrogens (tertiary/aromatic N) is 1. The molecule has 0 atom stereocenters. The maximum atomic E-state index is 5.96. The first-order valence-electron chi connectivity index (χ1n) is 6.45. The molecule has 1 aromatic heterocycles. The normalized spacial score (nSPS) is 10.3. The van der Waals surface area contributed by atoms with Gasteiger partial charge in [0.05, 0.1) is 10.9 Å². The van der Waals surface area contributed by atoms with Crippen LogP contribution in [-0.4, -0.2) is 16.6 Å². The molecule has 0 saturated heterocycles. The summed E-state index contributed by atoms with van der Waals surface area (Å²) in [7, 11) is 0. The lowest BCUT2D eigenvalue weighted by molar-refractivity contribution is 0.446. The van der Waals surface area contributed by atoms with E-state index in [4.69, 9.17) is 23.8 Å². The minimum atomic E-state index is 0.737. The molecule has 0 fully saturated rings. The third kappa shape index (κ3) is 4.20. The van der Waals surface area contributed by atoms with Gasteiger partial charge >= 0.3 is 0 Å². The van der Waals surface area contributed by atoms with Gasteiger partial charge < -0.3 is 10.2 Å². The van der Waals surface area contributed by atoms with Gasteiger partial charge in [0, 0.05) is 17.1 Å². The van der Waals surface area contributed by atoms with Gasteiger partial charge in [-0.1, -0.05) is 29.3 Å². The van der Waals surface area contributed by atoms with Gasteiger partial charge in [-0.3, -0.25) is 0 Å². The summed E-state index contributed by atoms with van der Waals surface area (Å²) in [4.78, 5) is 3.34. The second kappa shape index (κ2) is 7.07. The number of rotatable bonds is 4. The van der Waals surface area contributed by atoms with E-state index in [9.17, 15) is 0 Å². The number of anilines is 1. The second-order valence-corrected chi connectivity index (χ2v) is 6.70. The predicted octanol–water partition coefficient (Wildman–Crippen LogP) is 4.93. The Balaban J connectivity index is 2.00. The van der Waals surface area contributed by atoms with Crippen molar-refractivity contribution in [1.82, 2.24) is 4.90 Å². The molecule has 0 aliphatic heterocycles. The van der Waals surface area contributed by atoms with Gasteiger partial charge in [-0.25, -0.2) is 0 Å². The zero-order valence-electron chi connectivity index (χ0n) is 11.5. The Hall–Kier alpha value is -1.10. The highest BCUT2D eigenvalue weighted by atomic mass is 35.5. The van der Waals surface area contributed by atoms with E-state index in [0.29, 0.717) is 0 Å². The molecule has 20 heavy (non-hydrogen) atoms. The van der Waals surface area contributed by atoms with Crippen LogP contribution in [0, 0.1) is 6.92 Å². The fourth-order valence-corrected chi connectivity index (χ4v) is 3.21. The molecule has 2 rings (SSSR count). The van der Waals surface area contributed by atoms with Gasteiger partial charge in [0.25, 0.3) is 0 Å². The van der Waals surface area contributed by atoms with Crippen molar-refractivity contribution in [1.29, 1.82) is 0 Å². The van der Waals surface area contributed by atoms with Crippen LogP contribution in [0.1, 0.15) is 17.4 Å². The molecule has 0 saturated carbocycles. The van der Waals surface area contributed by atoms with E-state index in [1.54, 1.807) is 11.3 Å². The highest BCUT2D eigenvalue weighted by Gasteiger charge is 2.10. The number of thiophene rings is 1. The standard InChI is InChI=1S/C15H17ClN2S2/c1-3-18(10-13-8-9-14(16)20-13)15(19)17-12-6-4-11(2)5-7-12/h4-9H,3,10H2,1-2H3,(H,17,19). The average Bonchev–Trinajstić information content (AvgIpc) is 2.84. The first-order valence-corrected chi connectivity index (χ1v) is 8.05. The lowest BCUT2D eigenvalue weighted by atomic mass is 10.2. The summed E-state index contributed by atoms with van der Waals surface area (Å²) in [5, 5.41) is 4.01. The summed E-state index contributed by atoms with van der Waals surface area (Å²) in [6.07, 6.45) is 0. The largest absolute Gasteiger partial charge is 0.344 e. The van der Waals surface area contributed by atoms with Crippen LogP contribution in [0.4, 0.5) is 5.69 Å². The predicted molar refractivity (Wildman–Crippen MR) is 92.8 cm³/mol. The molecule has 0 amide bonds. The van der Waals surface area contributed by atoms with Crippen LogP contribution in [-0.2, 0) is 6.54 Å². The van der Waals surface area contributed by atoms with Crippen LogP contribution >= 0.6 is 35.2 Å². The maximum Gasteiger partial charge on any atom is 0.173 e. The first-order chi connectivity index (χ1) is 9.58. The number of hydrogen-bond donors (Lipinski definition) is 1. The monoisotopic (exact) mass is 324 g/mol. The van der Waals surface area contributed by atoms with Gasteiger partial charge in [0.1, 0.15) is 0 Å². The Morgan fingerprint density at radius 2 is 1.95 bits per heavy atom. The molecular weight excluding hydrogens is 308 g/mol. The van der Waals surface area contributed by atoms with Crippen molar-refractivity contribution in [2.75, 3.05) is 11.9 Å². The summed E-state index contributed by atoms with van der Waals surface area (Å²) in [6.45, 7) is 5.80. The molecule has 0 aliphatic carbocycles. The molecule has 0 bridgehead atoms. The summed E-state index contributed by atoms with van der Waals surface area (Å²) in [6, 6.07) is 12.2. The van der Waals surface area contributed by atoms with E-state index >= 15 is 0 Å². The fraction of sp³-hybridized carbons (Fsp3) is 0.267. The van der Waals surface area contributed by atoms with Gasteiger partial charge in [-0.05, 0) is 50.3 Å². The van der Waals surface area contributed by atoms with E-state index in [2.05, 4.69) is 36.2 Å². The maximum absolute atomic E-state index is 5.96. The molecule has 2 nitrogen and oxygen atoms in total. The van der Waals surface area contributed by atoms with Crippen molar-refractivity contribution < 1.29 is 0 Å². The number of benzene rings is 1. The zero-order chi connectivity index (χ0) is 14.5. The molecule has 1 aromatic carbocycles. The zero-order valence-corrected chi connectivity index (χ0v) is 13.9. The highest BCUT2D eigenvalue weighted by Crippen LogP contribution is 2.23. The minimum Gasteiger partial charge on any atom is -0.344 e. The molecule has 0 spiro atoms. The molecule has 0 radical (unpaired) electrons. The molecule has 0 aliphatic rings. The quantitative estimate of drug-likeness (QED) is 0.803. The van der Waals surface area contributed by atoms with Crippen molar-refractivity contribution >= 4 is 46.0 Å². The fourth-order valence-electron chi connectivity index (χ4n) is 1.79. The van der Waals surface area contributed by atoms with Gasteiger partial charge in [0.15, 0.2) is 5.11 Å². The van der Waals surface area contributed by atoms with Crippen LogP contribution in [0.2, 0.25) is 4.34 Å². The highest BCUT2D eigenvalue weighted by molar-refractivity contribution is 7.80. The first kappa shape index (κ1) is 15.3. The summed E-state index contributed by atoms with van der Waals surface area (Å²) in [5.74, 6) is 0. The Morgan fingerprint density at radius 3 is 2.50 bits per heavy atom. The molecule has 1 heterocycles. The summed E-state index contributed by atoms with van der Waals surface area (Å²) < 4.78 is 0.813. The molecule has 1 N–H and O–H groups in total. The Morgan fingerprint density at radius 1 is 1.25 bits per heavy atom. The third-order valence-corrected chi connectivity index (χ3v) is 4.52. The van der Waals surface area contributed by atoms with Crippen molar-refractivity contribution in [2.45, 2.75) is 20.4 Å². The molecule has 106 valence electrons. The molecule has 2 aromatic rings. The molecular formula is C15H17ClN2S2. The Kier molecular flexibility index (Phi) is 5.40. The Bertz CT molecular complexity index is 578. The van der Waals surface area contributed by atoms with E-state index in [-0.39, 0.29) is 0 Å². The molecule has 0 unspecified atom stereocenters. The lowest BCUT2D eigenvalue weighted by Crippen LogP contribution is -2.33. The SMILES string of the molecule is CCN(Cc1ccc(Cl)s1)C(=S)Nc1ccc(C)cc1. The van der Waals surface area contributed by atoms with Crippen molar-refractivity contribution in [2.24, 2.45) is 0 Å². The number of nitrogens with one attached hydrogen (secondary N) is 1. The van der Waals surface area contributed by atoms with Crippen molar-refractivity contribution in [3.63, 3.8) is 0 Å². The summed E-state index contributed by atoms with van der Waals surface area (Å²) >= 11 is 13.0. The van der Waals surface area contributed by atoms with Crippen molar-refractivity contribution in [3.8, 4) is 0 Å². The van der Waals surface area contributed by atoms with E-state index < -0.39 is 0 Å². The minimum absolute atomic E-state index is 0.737. The second-order valence-electron chi connectivity index (χ2n) is 4.52. The van der Waals surface area contributed by atoms with Gasteiger partial charge in [-0.2, -0.15) is 0 Å². The number of hydrogen-bond acceptors (Lipinski definition) is 2. The summed E-state index contributed by atoms with van der Waals surface area (Å²) in [5.41, 5.74) is 2.25. The molecule has 5 heteroatoms. The number of thiocarbonyl (C=S) groups is 1. The third-order valence-electron chi connectivity index (χ3n) is 2.95. The van der Waals surface area contributed by atoms with E-state index in [1.165, 1.54) is 10.4 Å². The lowest BCUT2D eigenvalue weighted by Gasteiger charge is -2.23. The van der Waals surface area contributed by atoms with Crippen LogP contribution in [0.25, 0.3) is 0 Å².